The van der Waals surface area contributed by atoms with E-state index in [9.17, 15) is 13.2 Å². The summed E-state index contributed by atoms with van der Waals surface area (Å²) in [5, 5.41) is 3.58. The molecule has 0 amide bonds. The van der Waals surface area contributed by atoms with Gasteiger partial charge in [0, 0.05) is 13.1 Å². The number of hydrogen-bond donors (Lipinski definition) is 0. The van der Waals surface area contributed by atoms with E-state index in [1.807, 2.05) is 0 Å². The molecular formula is C11H7ClF3N2O. The summed E-state index contributed by atoms with van der Waals surface area (Å²) in [4.78, 5) is 0. The normalized spacial score (nSPS) is 11.6. The van der Waals surface area contributed by atoms with Crippen molar-refractivity contribution in [3.63, 3.8) is 0 Å². The Bertz CT molecular complexity index is 566. The predicted molar refractivity (Wildman–Crippen MR) is 58.6 cm³/mol. The number of halogens is 4. The molecule has 1 heterocycles. The van der Waals surface area contributed by atoms with Crippen molar-refractivity contribution in [3.05, 3.63) is 41.0 Å². The zero-order chi connectivity index (χ0) is 13.3. The monoisotopic (exact) mass is 275 g/mol. The first kappa shape index (κ1) is 12.8. The summed E-state index contributed by atoms with van der Waals surface area (Å²) in [7, 11) is 1.35. The summed E-state index contributed by atoms with van der Waals surface area (Å²) in [6.07, 6.45) is -4.51. The molecule has 0 aliphatic carbocycles. The zero-order valence-corrected chi connectivity index (χ0v) is 9.88. The smallest absolute Gasteiger partial charge is 0.435 e. The molecule has 2 aromatic rings. The maximum absolute atomic E-state index is 12.4. The van der Waals surface area contributed by atoms with E-state index in [4.69, 9.17) is 16.3 Å². The maximum atomic E-state index is 12.4. The highest BCUT2D eigenvalue weighted by atomic mass is 35.5. The third-order valence-electron chi connectivity index (χ3n) is 2.12. The van der Waals surface area contributed by atoms with Crippen LogP contribution in [0.5, 0.6) is 11.6 Å². The SMILES string of the molecule is Cn1nc(C(F)(F)F)cc1Oc1cc[c]cc1Cl. The molecule has 0 saturated carbocycles. The van der Waals surface area contributed by atoms with E-state index in [1.165, 1.54) is 19.2 Å². The van der Waals surface area contributed by atoms with E-state index < -0.39 is 11.9 Å². The van der Waals surface area contributed by atoms with E-state index >= 15 is 0 Å². The number of rotatable bonds is 2. The average molecular weight is 276 g/mol. The largest absolute Gasteiger partial charge is 0.438 e. The molecular weight excluding hydrogens is 269 g/mol. The number of hydrogen-bond acceptors (Lipinski definition) is 2. The highest BCUT2D eigenvalue weighted by Gasteiger charge is 2.35. The van der Waals surface area contributed by atoms with Gasteiger partial charge in [-0.15, -0.1) is 0 Å². The molecule has 0 bridgehead atoms. The molecule has 0 aliphatic heterocycles. The predicted octanol–water partition coefficient (Wildman–Crippen LogP) is 3.68. The van der Waals surface area contributed by atoms with Crippen LogP contribution < -0.4 is 4.74 Å². The Morgan fingerprint density at radius 2 is 2.17 bits per heavy atom. The van der Waals surface area contributed by atoms with E-state index in [2.05, 4.69) is 11.2 Å². The number of nitrogens with zero attached hydrogens (tertiary/aromatic N) is 2. The molecule has 1 aromatic heterocycles. The van der Waals surface area contributed by atoms with Gasteiger partial charge >= 0.3 is 6.18 Å². The highest BCUT2D eigenvalue weighted by molar-refractivity contribution is 6.32. The summed E-state index contributed by atoms with van der Waals surface area (Å²) in [5.74, 6) is 0.197. The molecule has 95 valence electrons. The second kappa shape index (κ2) is 4.53. The van der Waals surface area contributed by atoms with E-state index in [1.54, 1.807) is 6.07 Å². The van der Waals surface area contributed by atoms with Crippen LogP contribution in [0.25, 0.3) is 0 Å². The Morgan fingerprint density at radius 1 is 1.44 bits per heavy atom. The van der Waals surface area contributed by atoms with Crippen molar-refractivity contribution in [1.29, 1.82) is 0 Å². The molecule has 1 radical (unpaired) electrons. The Balaban J connectivity index is 2.31. The van der Waals surface area contributed by atoms with Gasteiger partial charge in [0.1, 0.15) is 5.75 Å². The van der Waals surface area contributed by atoms with Crippen LogP contribution in [0.4, 0.5) is 13.2 Å². The fourth-order valence-corrected chi connectivity index (χ4v) is 1.44. The second-order valence-corrected chi connectivity index (χ2v) is 3.85. The molecule has 18 heavy (non-hydrogen) atoms. The standard InChI is InChI=1S/C11H7ClF3N2O/c1-17-10(6-9(16-17)11(13,14)15)18-8-5-3-2-4-7(8)12/h3-6H,1H3. The topological polar surface area (TPSA) is 27.1 Å². The first-order valence-electron chi connectivity index (χ1n) is 4.82. The van der Waals surface area contributed by atoms with Crippen molar-refractivity contribution in [2.45, 2.75) is 6.18 Å². The highest BCUT2D eigenvalue weighted by Crippen LogP contribution is 2.33. The van der Waals surface area contributed by atoms with Crippen molar-refractivity contribution in [2.75, 3.05) is 0 Å². The van der Waals surface area contributed by atoms with Gasteiger partial charge in [-0.1, -0.05) is 17.7 Å². The first-order valence-corrected chi connectivity index (χ1v) is 5.20. The maximum Gasteiger partial charge on any atom is 0.435 e. The van der Waals surface area contributed by atoms with Crippen molar-refractivity contribution < 1.29 is 17.9 Å². The van der Waals surface area contributed by atoms with Gasteiger partial charge in [-0.25, -0.2) is 4.68 Å². The summed E-state index contributed by atoms with van der Waals surface area (Å²) in [6.45, 7) is 0. The lowest BCUT2D eigenvalue weighted by Gasteiger charge is -2.06. The molecule has 3 nitrogen and oxygen atoms in total. The summed E-state index contributed by atoms with van der Waals surface area (Å²) < 4.78 is 43.6. The number of aryl methyl sites for hydroxylation is 1. The zero-order valence-electron chi connectivity index (χ0n) is 9.12. The molecule has 7 heteroatoms. The van der Waals surface area contributed by atoms with Crippen molar-refractivity contribution in [1.82, 2.24) is 9.78 Å². The molecule has 0 N–H and O–H groups in total. The molecule has 0 spiro atoms. The van der Waals surface area contributed by atoms with E-state index in [-0.39, 0.29) is 16.7 Å². The van der Waals surface area contributed by atoms with Gasteiger partial charge < -0.3 is 4.74 Å². The molecule has 0 aliphatic rings. The molecule has 1 aromatic carbocycles. The van der Waals surface area contributed by atoms with Crippen LogP contribution in [0.15, 0.2) is 24.3 Å². The van der Waals surface area contributed by atoms with Gasteiger partial charge in [0.05, 0.1) is 5.02 Å². The molecule has 2 rings (SSSR count). The molecule has 0 unspecified atom stereocenters. The molecule has 0 atom stereocenters. The minimum Gasteiger partial charge on any atom is -0.438 e. The van der Waals surface area contributed by atoms with Crippen LogP contribution in [-0.4, -0.2) is 9.78 Å². The van der Waals surface area contributed by atoms with Crippen LogP contribution in [0.1, 0.15) is 5.69 Å². The number of ether oxygens (including phenoxy) is 1. The Morgan fingerprint density at radius 3 is 2.72 bits per heavy atom. The van der Waals surface area contributed by atoms with Crippen molar-refractivity contribution in [2.24, 2.45) is 7.05 Å². The molecule has 0 saturated heterocycles. The minimum atomic E-state index is -4.51. The van der Waals surface area contributed by atoms with Crippen LogP contribution in [0.3, 0.4) is 0 Å². The van der Waals surface area contributed by atoms with E-state index in [0.717, 1.165) is 10.7 Å². The van der Waals surface area contributed by atoms with Crippen LogP contribution >= 0.6 is 11.6 Å². The van der Waals surface area contributed by atoms with Gasteiger partial charge in [-0.05, 0) is 18.2 Å². The lowest BCUT2D eigenvalue weighted by molar-refractivity contribution is -0.141. The van der Waals surface area contributed by atoms with Crippen molar-refractivity contribution >= 4 is 11.6 Å². The summed E-state index contributed by atoms with van der Waals surface area (Å²) >= 11 is 5.82. The minimum absolute atomic E-state index is 0.0459. The third kappa shape index (κ3) is 2.59. The fourth-order valence-electron chi connectivity index (χ4n) is 1.28. The lowest BCUT2D eigenvalue weighted by atomic mass is 10.3. The van der Waals surface area contributed by atoms with Gasteiger partial charge in [0.15, 0.2) is 5.69 Å². The summed E-state index contributed by atoms with van der Waals surface area (Å²) in [6, 6.07) is 8.03. The van der Waals surface area contributed by atoms with E-state index in [0.29, 0.717) is 0 Å². The lowest BCUT2D eigenvalue weighted by Crippen LogP contribution is -2.06. The summed E-state index contributed by atoms with van der Waals surface area (Å²) in [5.41, 5.74) is -1.02. The van der Waals surface area contributed by atoms with Gasteiger partial charge in [-0.3, -0.25) is 0 Å². The van der Waals surface area contributed by atoms with Gasteiger partial charge in [0.25, 0.3) is 0 Å². The Labute approximate surface area is 106 Å². The third-order valence-corrected chi connectivity index (χ3v) is 2.41. The second-order valence-electron chi connectivity index (χ2n) is 3.45. The van der Waals surface area contributed by atoms with Crippen molar-refractivity contribution in [3.8, 4) is 11.6 Å². The van der Waals surface area contributed by atoms with Gasteiger partial charge in [-0.2, -0.15) is 18.3 Å². The van der Waals surface area contributed by atoms with Gasteiger partial charge in [0.2, 0.25) is 5.88 Å². The number of alkyl halides is 3. The Hall–Kier alpha value is -1.69. The Kier molecular flexibility index (Phi) is 3.21. The van der Waals surface area contributed by atoms with Crippen LogP contribution in [0, 0.1) is 6.07 Å². The fraction of sp³-hybridized carbons (Fsp3) is 0.182. The van der Waals surface area contributed by atoms with Crippen LogP contribution in [-0.2, 0) is 13.2 Å². The molecule has 0 fully saturated rings. The first-order chi connectivity index (χ1) is 8.38. The number of aromatic nitrogens is 2. The number of benzene rings is 1. The quantitative estimate of drug-likeness (QED) is 0.836. The van der Waals surface area contributed by atoms with Crippen LogP contribution in [0.2, 0.25) is 5.02 Å². The average Bonchev–Trinajstić information content (AvgIpc) is 2.63.